The topological polar surface area (TPSA) is 89.8 Å². The molecule has 21 heavy (non-hydrogen) atoms. The van der Waals surface area contributed by atoms with Crippen LogP contribution in [-0.2, 0) is 0 Å². The van der Waals surface area contributed by atoms with Crippen LogP contribution in [0.3, 0.4) is 0 Å². The molecule has 0 unspecified atom stereocenters. The zero-order chi connectivity index (χ0) is 15.0. The number of rotatable bonds is 2. The molecule has 3 rings (SSSR count). The fraction of sp³-hybridized carbons (Fsp3) is 0.133. The van der Waals surface area contributed by atoms with Crippen LogP contribution in [0.2, 0.25) is 0 Å². The molecule has 6 heteroatoms. The fourth-order valence-electron chi connectivity index (χ4n) is 2.10. The second-order valence-corrected chi connectivity index (χ2v) is 4.84. The molecule has 0 aliphatic rings. The SMILES string of the molecule is Cc1cnc(C)c(-n2nc(-c3cccc(O)c3)cc2N)n1. The maximum Gasteiger partial charge on any atom is 0.177 e. The predicted octanol–water partition coefficient (Wildman–Crippen LogP) is 2.23. The van der Waals surface area contributed by atoms with E-state index < -0.39 is 0 Å². The number of anilines is 1. The molecule has 0 saturated heterocycles. The lowest BCUT2D eigenvalue weighted by Crippen LogP contribution is -2.08. The summed E-state index contributed by atoms with van der Waals surface area (Å²) in [5.74, 6) is 1.27. The van der Waals surface area contributed by atoms with Gasteiger partial charge >= 0.3 is 0 Å². The number of nitrogens with two attached hydrogens (primary N) is 1. The van der Waals surface area contributed by atoms with Crippen LogP contribution < -0.4 is 5.73 Å². The van der Waals surface area contributed by atoms with Crippen LogP contribution in [0.25, 0.3) is 17.1 Å². The van der Waals surface area contributed by atoms with Gasteiger partial charge in [-0.3, -0.25) is 4.98 Å². The van der Waals surface area contributed by atoms with Gasteiger partial charge in [-0.05, 0) is 26.0 Å². The number of phenols is 1. The summed E-state index contributed by atoms with van der Waals surface area (Å²) in [7, 11) is 0. The van der Waals surface area contributed by atoms with Crippen LogP contribution in [0, 0.1) is 13.8 Å². The highest BCUT2D eigenvalue weighted by atomic mass is 16.3. The van der Waals surface area contributed by atoms with E-state index >= 15 is 0 Å². The Labute approximate surface area is 121 Å². The lowest BCUT2D eigenvalue weighted by molar-refractivity contribution is 0.475. The minimum atomic E-state index is 0.187. The molecule has 0 radical (unpaired) electrons. The first kappa shape index (κ1) is 13.1. The van der Waals surface area contributed by atoms with E-state index in [9.17, 15) is 5.11 Å². The van der Waals surface area contributed by atoms with Crippen molar-refractivity contribution in [2.45, 2.75) is 13.8 Å². The monoisotopic (exact) mass is 281 g/mol. The molecule has 0 fully saturated rings. The number of aromatic hydroxyl groups is 1. The minimum Gasteiger partial charge on any atom is -0.508 e. The average molecular weight is 281 g/mol. The zero-order valence-electron chi connectivity index (χ0n) is 11.8. The van der Waals surface area contributed by atoms with E-state index in [0.717, 1.165) is 17.0 Å². The number of hydrogen-bond acceptors (Lipinski definition) is 5. The second kappa shape index (κ2) is 4.90. The smallest absolute Gasteiger partial charge is 0.177 e. The van der Waals surface area contributed by atoms with Crippen molar-refractivity contribution in [1.82, 2.24) is 19.7 Å². The predicted molar refractivity (Wildman–Crippen MR) is 80.1 cm³/mol. The van der Waals surface area contributed by atoms with Gasteiger partial charge in [0.1, 0.15) is 11.6 Å². The van der Waals surface area contributed by atoms with E-state index in [4.69, 9.17) is 5.73 Å². The third-order valence-corrected chi connectivity index (χ3v) is 3.13. The summed E-state index contributed by atoms with van der Waals surface area (Å²) in [6.07, 6.45) is 1.70. The Morgan fingerprint density at radius 3 is 2.76 bits per heavy atom. The molecular weight excluding hydrogens is 266 g/mol. The third-order valence-electron chi connectivity index (χ3n) is 3.13. The van der Waals surface area contributed by atoms with Crippen molar-refractivity contribution in [2.24, 2.45) is 0 Å². The molecule has 2 aromatic heterocycles. The maximum atomic E-state index is 9.56. The van der Waals surface area contributed by atoms with Crippen molar-refractivity contribution in [3.05, 3.63) is 47.9 Å². The quantitative estimate of drug-likeness (QED) is 0.751. The van der Waals surface area contributed by atoms with Gasteiger partial charge < -0.3 is 10.8 Å². The normalized spacial score (nSPS) is 10.8. The van der Waals surface area contributed by atoms with Crippen LogP contribution in [0.4, 0.5) is 5.82 Å². The Balaban J connectivity index is 2.12. The standard InChI is InChI=1S/C15H15N5O/c1-9-8-17-10(2)15(18-9)20-14(16)7-13(19-20)11-4-3-5-12(21)6-11/h3-8,21H,16H2,1-2H3. The number of aryl methyl sites for hydroxylation is 2. The average Bonchev–Trinajstić information content (AvgIpc) is 2.83. The molecule has 106 valence electrons. The number of benzene rings is 1. The summed E-state index contributed by atoms with van der Waals surface area (Å²) in [4.78, 5) is 8.71. The lowest BCUT2D eigenvalue weighted by atomic mass is 10.1. The van der Waals surface area contributed by atoms with E-state index in [2.05, 4.69) is 15.1 Å². The Kier molecular flexibility index (Phi) is 3.06. The Morgan fingerprint density at radius 2 is 2.00 bits per heavy atom. The minimum absolute atomic E-state index is 0.187. The number of nitrogen functional groups attached to an aromatic ring is 1. The number of nitrogens with zero attached hydrogens (tertiary/aromatic N) is 4. The zero-order valence-corrected chi connectivity index (χ0v) is 11.8. The number of phenolic OH excluding ortho intramolecular Hbond substituents is 1. The van der Waals surface area contributed by atoms with Crippen LogP contribution >= 0.6 is 0 Å². The number of hydrogen-bond donors (Lipinski definition) is 2. The highest BCUT2D eigenvalue weighted by molar-refractivity contribution is 5.64. The summed E-state index contributed by atoms with van der Waals surface area (Å²) >= 11 is 0. The molecular formula is C15H15N5O. The van der Waals surface area contributed by atoms with Gasteiger partial charge in [0.05, 0.1) is 17.1 Å². The molecule has 0 aliphatic heterocycles. The van der Waals surface area contributed by atoms with E-state index in [-0.39, 0.29) is 5.75 Å². The van der Waals surface area contributed by atoms with E-state index in [1.807, 2.05) is 19.9 Å². The fourth-order valence-corrected chi connectivity index (χ4v) is 2.10. The molecule has 6 nitrogen and oxygen atoms in total. The molecule has 0 amide bonds. The maximum absolute atomic E-state index is 9.56. The lowest BCUT2D eigenvalue weighted by Gasteiger charge is -2.06. The molecule has 3 N–H and O–H groups in total. The van der Waals surface area contributed by atoms with Crippen LogP contribution in [0.15, 0.2) is 36.5 Å². The van der Waals surface area contributed by atoms with Crippen LogP contribution in [-0.4, -0.2) is 24.9 Å². The summed E-state index contributed by atoms with van der Waals surface area (Å²) in [6.45, 7) is 3.72. The van der Waals surface area contributed by atoms with Gasteiger partial charge in [-0.1, -0.05) is 12.1 Å². The van der Waals surface area contributed by atoms with Crippen molar-refractivity contribution < 1.29 is 5.11 Å². The largest absolute Gasteiger partial charge is 0.508 e. The highest BCUT2D eigenvalue weighted by Gasteiger charge is 2.13. The summed E-state index contributed by atoms with van der Waals surface area (Å²) in [5, 5.41) is 14.0. The molecule has 2 heterocycles. The third kappa shape index (κ3) is 2.43. The molecule has 0 saturated carbocycles. The van der Waals surface area contributed by atoms with Crippen molar-refractivity contribution in [2.75, 3.05) is 5.73 Å². The Bertz CT molecular complexity index is 810. The van der Waals surface area contributed by atoms with E-state index in [1.54, 1.807) is 35.1 Å². The first-order valence-corrected chi connectivity index (χ1v) is 6.50. The highest BCUT2D eigenvalue weighted by Crippen LogP contribution is 2.25. The first-order valence-electron chi connectivity index (χ1n) is 6.50. The molecule has 1 aromatic carbocycles. The van der Waals surface area contributed by atoms with Crippen LogP contribution in [0.5, 0.6) is 5.75 Å². The molecule has 0 spiro atoms. The van der Waals surface area contributed by atoms with Gasteiger partial charge in [-0.15, -0.1) is 0 Å². The van der Waals surface area contributed by atoms with Gasteiger partial charge in [-0.25, -0.2) is 4.98 Å². The van der Waals surface area contributed by atoms with Gasteiger partial charge in [0, 0.05) is 17.8 Å². The Hall–Kier alpha value is -2.89. The van der Waals surface area contributed by atoms with Crippen LogP contribution in [0.1, 0.15) is 11.4 Å². The summed E-state index contributed by atoms with van der Waals surface area (Å²) in [6, 6.07) is 8.62. The number of aromatic nitrogens is 4. The molecule has 0 aliphatic carbocycles. The van der Waals surface area contributed by atoms with Gasteiger partial charge in [0.25, 0.3) is 0 Å². The van der Waals surface area contributed by atoms with Crippen molar-refractivity contribution in [1.29, 1.82) is 0 Å². The van der Waals surface area contributed by atoms with Gasteiger partial charge in [0.2, 0.25) is 0 Å². The molecule has 3 aromatic rings. The van der Waals surface area contributed by atoms with E-state index in [0.29, 0.717) is 17.3 Å². The van der Waals surface area contributed by atoms with Crippen molar-refractivity contribution >= 4 is 5.82 Å². The molecule has 0 bridgehead atoms. The first-order chi connectivity index (χ1) is 10.0. The van der Waals surface area contributed by atoms with Crippen molar-refractivity contribution in [3.8, 4) is 22.8 Å². The van der Waals surface area contributed by atoms with Gasteiger partial charge in [0.15, 0.2) is 5.82 Å². The molecule has 0 atom stereocenters. The Morgan fingerprint density at radius 1 is 1.19 bits per heavy atom. The van der Waals surface area contributed by atoms with Crippen molar-refractivity contribution in [3.63, 3.8) is 0 Å². The summed E-state index contributed by atoms with van der Waals surface area (Å²) < 4.78 is 1.56. The van der Waals surface area contributed by atoms with Gasteiger partial charge in [-0.2, -0.15) is 9.78 Å². The second-order valence-electron chi connectivity index (χ2n) is 4.84. The summed E-state index contributed by atoms with van der Waals surface area (Å²) in [5.41, 5.74) is 9.04. The van der Waals surface area contributed by atoms with E-state index in [1.165, 1.54) is 0 Å².